The molecule has 0 unspecified atom stereocenters. The van der Waals surface area contributed by atoms with Crippen molar-refractivity contribution < 1.29 is 34.0 Å². The maximum Gasteiger partial charge on any atom is 0.335 e. The van der Waals surface area contributed by atoms with Crippen LogP contribution in [0.2, 0.25) is 0 Å². The van der Waals surface area contributed by atoms with Crippen LogP contribution in [0, 0.1) is 17.8 Å². The summed E-state index contributed by atoms with van der Waals surface area (Å²) in [4.78, 5) is 23.6. The molecule has 2 N–H and O–H groups in total. The SMILES string of the molecule is C=C(CO)C(=O)OCCCc1ccc(-c2ccc(OCCOC(=O)C(=C)CO)cc2)c(C2CCC(C3CCC(CCCC)CC3)CC2)c1. The second-order valence-electron chi connectivity index (χ2n) is 13.7. The second-order valence-corrected chi connectivity index (χ2v) is 13.7. The zero-order chi connectivity index (χ0) is 34.3. The van der Waals surface area contributed by atoms with Crippen molar-refractivity contribution in [1.29, 1.82) is 0 Å². The van der Waals surface area contributed by atoms with Crippen LogP contribution in [0.25, 0.3) is 11.1 Å². The van der Waals surface area contributed by atoms with Gasteiger partial charge in [-0.1, -0.05) is 82.5 Å². The number of aryl methyl sites for hydroxylation is 1. The molecule has 2 aromatic carbocycles. The predicted molar refractivity (Wildman–Crippen MR) is 190 cm³/mol. The minimum Gasteiger partial charge on any atom is -0.490 e. The minimum atomic E-state index is -0.621. The van der Waals surface area contributed by atoms with E-state index in [1.54, 1.807) is 0 Å². The van der Waals surface area contributed by atoms with E-state index in [9.17, 15) is 9.59 Å². The number of unbranched alkanes of at least 4 members (excludes halogenated alkanes) is 1. The van der Waals surface area contributed by atoms with Crippen LogP contribution >= 0.6 is 0 Å². The molecule has 0 radical (unpaired) electrons. The highest BCUT2D eigenvalue weighted by atomic mass is 16.6. The van der Waals surface area contributed by atoms with Gasteiger partial charge in [0.15, 0.2) is 0 Å². The van der Waals surface area contributed by atoms with Crippen LogP contribution in [0.3, 0.4) is 0 Å². The van der Waals surface area contributed by atoms with E-state index in [0.717, 1.165) is 29.7 Å². The van der Waals surface area contributed by atoms with E-state index in [1.807, 2.05) is 12.1 Å². The van der Waals surface area contributed by atoms with Gasteiger partial charge in [0.2, 0.25) is 0 Å². The fourth-order valence-electron chi connectivity index (χ4n) is 7.51. The summed E-state index contributed by atoms with van der Waals surface area (Å²) in [5, 5.41) is 18.1. The number of esters is 2. The van der Waals surface area contributed by atoms with Gasteiger partial charge in [0.1, 0.15) is 19.0 Å². The topological polar surface area (TPSA) is 102 Å². The monoisotopic (exact) mass is 660 g/mol. The van der Waals surface area contributed by atoms with Gasteiger partial charge in [-0.05, 0) is 109 Å². The number of hydrogen-bond donors (Lipinski definition) is 2. The first-order valence-electron chi connectivity index (χ1n) is 18.1. The molecule has 0 saturated heterocycles. The quantitative estimate of drug-likeness (QED) is 0.0946. The molecule has 0 spiro atoms. The first kappa shape index (κ1) is 37.4. The molecule has 4 rings (SSSR count). The Morgan fingerprint density at radius 1 is 0.750 bits per heavy atom. The van der Waals surface area contributed by atoms with Crippen molar-refractivity contribution in [1.82, 2.24) is 0 Å². The van der Waals surface area contributed by atoms with Gasteiger partial charge < -0.3 is 24.4 Å². The summed E-state index contributed by atoms with van der Waals surface area (Å²) >= 11 is 0. The molecule has 2 aliphatic carbocycles. The second kappa shape index (κ2) is 19.5. The first-order chi connectivity index (χ1) is 23.3. The molecule has 7 heteroatoms. The van der Waals surface area contributed by atoms with Crippen LogP contribution in [0.1, 0.15) is 101 Å². The molecule has 262 valence electrons. The van der Waals surface area contributed by atoms with Gasteiger partial charge in [-0.25, -0.2) is 9.59 Å². The third-order valence-corrected chi connectivity index (χ3v) is 10.4. The van der Waals surface area contributed by atoms with Crippen molar-refractivity contribution in [3.63, 3.8) is 0 Å². The van der Waals surface area contributed by atoms with Crippen LogP contribution in [0.15, 0.2) is 66.8 Å². The number of rotatable bonds is 18. The van der Waals surface area contributed by atoms with Gasteiger partial charge in [0, 0.05) is 0 Å². The smallest absolute Gasteiger partial charge is 0.335 e. The first-order valence-corrected chi connectivity index (χ1v) is 18.1. The van der Waals surface area contributed by atoms with Gasteiger partial charge in [-0.2, -0.15) is 0 Å². The lowest BCUT2D eigenvalue weighted by Gasteiger charge is -2.38. The van der Waals surface area contributed by atoms with E-state index >= 15 is 0 Å². The highest BCUT2D eigenvalue weighted by molar-refractivity contribution is 5.88. The predicted octanol–water partition coefficient (Wildman–Crippen LogP) is 8.12. The Balaban J connectivity index is 1.40. The van der Waals surface area contributed by atoms with Crippen molar-refractivity contribution in [2.75, 3.05) is 33.0 Å². The van der Waals surface area contributed by atoms with Crippen LogP contribution < -0.4 is 4.74 Å². The Morgan fingerprint density at radius 2 is 1.35 bits per heavy atom. The highest BCUT2D eigenvalue weighted by Crippen LogP contribution is 2.46. The fraction of sp³-hybridized carbons (Fsp3) is 0.561. The Hall–Kier alpha value is -3.42. The molecular weight excluding hydrogens is 604 g/mol. The normalized spacial score (nSPS) is 20.9. The zero-order valence-electron chi connectivity index (χ0n) is 28.9. The largest absolute Gasteiger partial charge is 0.490 e. The maximum absolute atomic E-state index is 11.9. The molecule has 2 aromatic rings. The van der Waals surface area contributed by atoms with Crippen LogP contribution in [0.5, 0.6) is 5.75 Å². The van der Waals surface area contributed by atoms with Crippen molar-refractivity contribution in [2.24, 2.45) is 17.8 Å². The number of benzene rings is 2. The average Bonchev–Trinajstić information content (AvgIpc) is 3.13. The molecule has 48 heavy (non-hydrogen) atoms. The maximum atomic E-state index is 11.9. The molecule has 7 nitrogen and oxygen atoms in total. The van der Waals surface area contributed by atoms with Crippen molar-refractivity contribution in [3.8, 4) is 16.9 Å². The fourth-order valence-corrected chi connectivity index (χ4v) is 7.51. The van der Waals surface area contributed by atoms with Crippen LogP contribution in [-0.2, 0) is 25.5 Å². The molecule has 0 aliphatic heterocycles. The van der Waals surface area contributed by atoms with Crippen molar-refractivity contribution in [2.45, 2.75) is 96.3 Å². The number of carbonyl (C=O) groups is 2. The molecule has 2 fully saturated rings. The number of hydrogen-bond acceptors (Lipinski definition) is 7. The van der Waals surface area contributed by atoms with E-state index in [4.69, 9.17) is 24.4 Å². The van der Waals surface area contributed by atoms with Gasteiger partial charge in [-0.3, -0.25) is 0 Å². The van der Waals surface area contributed by atoms with Crippen LogP contribution in [0.4, 0.5) is 0 Å². The number of aliphatic hydroxyl groups excluding tert-OH is 2. The molecule has 0 aromatic heterocycles. The van der Waals surface area contributed by atoms with E-state index in [2.05, 4.69) is 50.4 Å². The van der Waals surface area contributed by atoms with E-state index in [0.29, 0.717) is 18.1 Å². The van der Waals surface area contributed by atoms with Gasteiger partial charge in [0.05, 0.1) is 31.0 Å². The summed E-state index contributed by atoms with van der Waals surface area (Å²) in [7, 11) is 0. The van der Waals surface area contributed by atoms with E-state index in [-0.39, 0.29) is 31.0 Å². The molecular formula is C41H56O7. The lowest BCUT2D eigenvalue weighted by Crippen LogP contribution is -2.25. The Labute approximate surface area is 287 Å². The van der Waals surface area contributed by atoms with E-state index < -0.39 is 25.2 Å². The molecule has 0 heterocycles. The van der Waals surface area contributed by atoms with Gasteiger partial charge in [-0.15, -0.1) is 0 Å². The Bertz CT molecular complexity index is 1330. The Kier molecular flexibility index (Phi) is 15.2. The Morgan fingerprint density at radius 3 is 1.96 bits per heavy atom. The zero-order valence-corrected chi connectivity index (χ0v) is 28.9. The third-order valence-electron chi connectivity index (χ3n) is 10.4. The number of carbonyl (C=O) groups excluding carboxylic acids is 2. The highest BCUT2D eigenvalue weighted by Gasteiger charge is 2.32. The van der Waals surface area contributed by atoms with Gasteiger partial charge in [0.25, 0.3) is 0 Å². The minimum absolute atomic E-state index is 0.0207. The summed E-state index contributed by atoms with van der Waals surface area (Å²) in [6.45, 7) is 9.06. The van der Waals surface area contributed by atoms with Crippen LogP contribution in [-0.4, -0.2) is 55.2 Å². The molecule has 0 atom stereocenters. The summed E-state index contributed by atoms with van der Waals surface area (Å²) in [5.74, 6) is 2.72. The third kappa shape index (κ3) is 11.1. The molecule has 0 bridgehead atoms. The molecule has 0 amide bonds. The lowest BCUT2D eigenvalue weighted by molar-refractivity contribution is -0.140. The van der Waals surface area contributed by atoms with E-state index in [1.165, 1.54) is 87.3 Å². The summed E-state index contributed by atoms with van der Waals surface area (Å²) in [5.41, 5.74) is 5.10. The molecule has 2 saturated carbocycles. The van der Waals surface area contributed by atoms with Crippen molar-refractivity contribution >= 4 is 11.9 Å². The number of aliphatic hydroxyl groups is 2. The van der Waals surface area contributed by atoms with Crippen molar-refractivity contribution in [3.05, 3.63) is 77.9 Å². The summed E-state index contributed by atoms with van der Waals surface area (Å²) in [6, 6.07) is 14.8. The molecule has 2 aliphatic rings. The number of ether oxygens (including phenoxy) is 3. The lowest BCUT2D eigenvalue weighted by atomic mass is 9.67. The summed E-state index contributed by atoms with van der Waals surface area (Å²) < 4.78 is 16.1. The standard InChI is InChI=1S/C41H56O7/c1-4-5-7-31-9-12-33(13-10-31)34-14-16-36(17-15-34)39-26-32(8-6-23-47-40(44)29(2)27-42)11-22-38(39)35-18-20-37(21-19-35)46-24-25-48-41(45)30(3)28-43/h11,18-22,26,31,33-34,36,42-43H,2-10,12-17,23-25,27-28H2,1H3. The van der Waals surface area contributed by atoms with Gasteiger partial charge >= 0.3 is 11.9 Å². The average molecular weight is 661 g/mol. The summed E-state index contributed by atoms with van der Waals surface area (Å²) in [6.07, 6.45) is 16.3.